The van der Waals surface area contributed by atoms with E-state index in [9.17, 15) is 13.2 Å². The van der Waals surface area contributed by atoms with Crippen molar-refractivity contribution in [2.24, 2.45) is 0 Å². The fourth-order valence-corrected chi connectivity index (χ4v) is 2.35. The Morgan fingerprint density at radius 1 is 1.24 bits per heavy atom. The minimum Gasteiger partial charge on any atom is -0.345 e. The van der Waals surface area contributed by atoms with Gasteiger partial charge in [-0.15, -0.1) is 0 Å². The number of imidazole rings is 1. The van der Waals surface area contributed by atoms with Crippen molar-refractivity contribution in [2.45, 2.75) is 26.1 Å². The van der Waals surface area contributed by atoms with E-state index in [2.05, 4.69) is 15.1 Å². The van der Waals surface area contributed by atoms with E-state index >= 15 is 0 Å². The number of H-pyrrole nitrogens is 1. The molecule has 0 saturated heterocycles. The number of aromatic nitrogens is 4. The maximum absolute atomic E-state index is 13.0. The SMILES string of the molecule is CC(C)n1nccc1-c1cc(C(F)(F)F)cc2[nH]cnc12. The highest BCUT2D eigenvalue weighted by Gasteiger charge is 2.32. The Morgan fingerprint density at radius 2 is 2.00 bits per heavy atom. The van der Waals surface area contributed by atoms with Crippen LogP contribution in [-0.4, -0.2) is 19.7 Å². The van der Waals surface area contributed by atoms with Gasteiger partial charge >= 0.3 is 6.18 Å². The molecule has 2 heterocycles. The van der Waals surface area contributed by atoms with Gasteiger partial charge in [0.05, 0.1) is 28.6 Å². The molecule has 7 heteroatoms. The van der Waals surface area contributed by atoms with E-state index in [1.54, 1.807) is 16.9 Å². The van der Waals surface area contributed by atoms with Crippen molar-refractivity contribution in [3.8, 4) is 11.3 Å². The molecular weight excluding hydrogens is 281 g/mol. The van der Waals surface area contributed by atoms with Crippen molar-refractivity contribution in [1.82, 2.24) is 19.7 Å². The minimum absolute atomic E-state index is 0.0403. The highest BCUT2D eigenvalue weighted by Crippen LogP contribution is 2.36. The van der Waals surface area contributed by atoms with Crippen LogP contribution in [0.2, 0.25) is 0 Å². The van der Waals surface area contributed by atoms with E-state index in [4.69, 9.17) is 0 Å². The van der Waals surface area contributed by atoms with Crippen molar-refractivity contribution in [3.05, 3.63) is 36.3 Å². The van der Waals surface area contributed by atoms with Gasteiger partial charge in [-0.1, -0.05) is 0 Å². The highest BCUT2D eigenvalue weighted by atomic mass is 19.4. The number of alkyl halides is 3. The van der Waals surface area contributed by atoms with Gasteiger partial charge in [0.1, 0.15) is 0 Å². The number of fused-ring (bicyclic) bond motifs is 1. The molecule has 0 bridgehead atoms. The van der Waals surface area contributed by atoms with Crippen LogP contribution in [0.3, 0.4) is 0 Å². The molecule has 0 radical (unpaired) electrons. The zero-order valence-corrected chi connectivity index (χ0v) is 11.4. The number of nitrogens with one attached hydrogen (secondary N) is 1. The average Bonchev–Trinajstić information content (AvgIpc) is 3.05. The van der Waals surface area contributed by atoms with E-state index in [1.165, 1.54) is 6.33 Å². The topological polar surface area (TPSA) is 46.5 Å². The van der Waals surface area contributed by atoms with Crippen LogP contribution in [0.1, 0.15) is 25.5 Å². The lowest BCUT2D eigenvalue weighted by Gasteiger charge is -2.13. The largest absolute Gasteiger partial charge is 0.416 e. The van der Waals surface area contributed by atoms with Crippen LogP contribution in [0.4, 0.5) is 13.2 Å². The molecule has 1 N–H and O–H groups in total. The lowest BCUT2D eigenvalue weighted by Crippen LogP contribution is -2.08. The molecule has 0 aliphatic rings. The Balaban J connectivity index is 2.30. The second kappa shape index (κ2) is 4.61. The summed E-state index contributed by atoms with van der Waals surface area (Å²) in [7, 11) is 0. The molecule has 2 aromatic heterocycles. The van der Waals surface area contributed by atoms with Gasteiger partial charge in [-0.25, -0.2) is 4.98 Å². The Hall–Kier alpha value is -2.31. The standard InChI is InChI=1S/C14H13F3N4/c1-8(2)21-12(3-4-20-21)10-5-9(14(15,16)17)6-11-13(10)19-7-18-11/h3-8H,1-2H3,(H,18,19). The number of benzene rings is 1. The Kier molecular flexibility index (Phi) is 3.00. The summed E-state index contributed by atoms with van der Waals surface area (Å²) in [4.78, 5) is 6.88. The fourth-order valence-electron chi connectivity index (χ4n) is 2.35. The van der Waals surface area contributed by atoms with E-state index in [-0.39, 0.29) is 6.04 Å². The summed E-state index contributed by atoms with van der Waals surface area (Å²) in [5, 5.41) is 4.17. The summed E-state index contributed by atoms with van der Waals surface area (Å²) >= 11 is 0. The number of aromatic amines is 1. The number of hydrogen-bond donors (Lipinski definition) is 1. The number of hydrogen-bond acceptors (Lipinski definition) is 2. The Bertz CT molecular complexity index is 783. The van der Waals surface area contributed by atoms with Crippen molar-refractivity contribution in [3.63, 3.8) is 0 Å². The van der Waals surface area contributed by atoms with E-state index < -0.39 is 11.7 Å². The first-order chi connectivity index (χ1) is 9.88. The monoisotopic (exact) mass is 294 g/mol. The molecule has 21 heavy (non-hydrogen) atoms. The van der Waals surface area contributed by atoms with Crippen LogP contribution in [-0.2, 0) is 6.18 Å². The molecule has 0 fully saturated rings. The van der Waals surface area contributed by atoms with Crippen LogP contribution >= 0.6 is 0 Å². The van der Waals surface area contributed by atoms with E-state index in [0.717, 1.165) is 12.1 Å². The number of halogens is 3. The average molecular weight is 294 g/mol. The van der Waals surface area contributed by atoms with Gasteiger partial charge in [-0.2, -0.15) is 18.3 Å². The summed E-state index contributed by atoms with van der Waals surface area (Å²) in [6.45, 7) is 3.84. The zero-order valence-electron chi connectivity index (χ0n) is 11.4. The van der Waals surface area contributed by atoms with Crippen LogP contribution in [0, 0.1) is 0 Å². The van der Waals surface area contributed by atoms with Gasteiger partial charge in [0.2, 0.25) is 0 Å². The predicted octanol–water partition coefficient (Wildman–Crippen LogP) is 4.03. The minimum atomic E-state index is -4.41. The maximum Gasteiger partial charge on any atom is 0.416 e. The summed E-state index contributed by atoms with van der Waals surface area (Å²) in [5.74, 6) is 0. The third kappa shape index (κ3) is 2.28. The Labute approximate surface area is 118 Å². The third-order valence-electron chi connectivity index (χ3n) is 3.29. The summed E-state index contributed by atoms with van der Waals surface area (Å²) in [5.41, 5.74) is 1.20. The third-order valence-corrected chi connectivity index (χ3v) is 3.29. The van der Waals surface area contributed by atoms with Crippen molar-refractivity contribution >= 4 is 11.0 Å². The molecule has 0 saturated carbocycles. The smallest absolute Gasteiger partial charge is 0.345 e. The molecule has 0 spiro atoms. The van der Waals surface area contributed by atoms with Gasteiger partial charge < -0.3 is 4.98 Å². The lowest BCUT2D eigenvalue weighted by atomic mass is 10.0. The second-order valence-corrected chi connectivity index (χ2v) is 5.08. The van der Waals surface area contributed by atoms with Gasteiger partial charge in [-0.3, -0.25) is 4.68 Å². The van der Waals surface area contributed by atoms with Crippen LogP contribution in [0.25, 0.3) is 22.3 Å². The van der Waals surface area contributed by atoms with Crippen LogP contribution in [0.5, 0.6) is 0 Å². The van der Waals surface area contributed by atoms with Crippen LogP contribution in [0.15, 0.2) is 30.7 Å². The second-order valence-electron chi connectivity index (χ2n) is 5.08. The maximum atomic E-state index is 13.0. The van der Waals surface area contributed by atoms with Crippen LogP contribution < -0.4 is 0 Å². The normalized spacial score (nSPS) is 12.5. The number of rotatable bonds is 2. The van der Waals surface area contributed by atoms with E-state index in [1.807, 2.05) is 13.8 Å². The first kappa shape index (κ1) is 13.7. The molecule has 0 amide bonds. The lowest BCUT2D eigenvalue weighted by molar-refractivity contribution is -0.137. The van der Waals surface area contributed by atoms with E-state index in [0.29, 0.717) is 22.3 Å². The predicted molar refractivity (Wildman–Crippen MR) is 72.7 cm³/mol. The molecule has 1 aromatic carbocycles. The molecule has 0 unspecified atom stereocenters. The summed E-state index contributed by atoms with van der Waals surface area (Å²) < 4.78 is 40.8. The van der Waals surface area contributed by atoms with Crippen molar-refractivity contribution in [2.75, 3.05) is 0 Å². The van der Waals surface area contributed by atoms with Gasteiger partial charge in [0.25, 0.3) is 0 Å². The molecule has 0 aliphatic carbocycles. The van der Waals surface area contributed by atoms with Gasteiger partial charge in [0, 0.05) is 17.8 Å². The number of nitrogens with zero attached hydrogens (tertiary/aromatic N) is 3. The fraction of sp³-hybridized carbons (Fsp3) is 0.286. The molecule has 0 aliphatic heterocycles. The molecule has 0 atom stereocenters. The first-order valence-electron chi connectivity index (χ1n) is 6.46. The summed E-state index contributed by atoms with van der Waals surface area (Å²) in [6.07, 6.45) is -1.44. The van der Waals surface area contributed by atoms with Crippen molar-refractivity contribution in [1.29, 1.82) is 0 Å². The highest BCUT2D eigenvalue weighted by molar-refractivity contribution is 5.91. The quantitative estimate of drug-likeness (QED) is 0.775. The molecule has 3 aromatic rings. The van der Waals surface area contributed by atoms with Gasteiger partial charge in [0.15, 0.2) is 0 Å². The zero-order chi connectivity index (χ0) is 15.2. The molecule has 3 rings (SSSR count). The Morgan fingerprint density at radius 3 is 2.67 bits per heavy atom. The molecule has 110 valence electrons. The first-order valence-corrected chi connectivity index (χ1v) is 6.46. The molecule has 4 nitrogen and oxygen atoms in total. The van der Waals surface area contributed by atoms with Crippen molar-refractivity contribution < 1.29 is 13.2 Å². The van der Waals surface area contributed by atoms with Gasteiger partial charge in [-0.05, 0) is 32.0 Å². The summed E-state index contributed by atoms with van der Waals surface area (Å²) in [6, 6.07) is 3.93. The molecular formula is C14H13F3N4.